The van der Waals surface area contributed by atoms with Crippen LogP contribution in [0.3, 0.4) is 0 Å². The van der Waals surface area contributed by atoms with Crippen LogP contribution < -0.4 is 10.2 Å². The highest BCUT2D eigenvalue weighted by Gasteiger charge is 2.26. The first kappa shape index (κ1) is 26.7. The van der Waals surface area contributed by atoms with Crippen molar-refractivity contribution in [3.63, 3.8) is 0 Å². The minimum absolute atomic E-state index is 0.140. The van der Waals surface area contributed by atoms with E-state index >= 15 is 0 Å². The number of aliphatic carboxylic acids is 1. The van der Waals surface area contributed by atoms with Gasteiger partial charge in [0.1, 0.15) is 11.5 Å². The van der Waals surface area contributed by atoms with Gasteiger partial charge in [0.2, 0.25) is 0 Å². The highest BCUT2D eigenvalue weighted by molar-refractivity contribution is 7.17. The van der Waals surface area contributed by atoms with Gasteiger partial charge >= 0.3 is 5.97 Å². The van der Waals surface area contributed by atoms with E-state index in [1.54, 1.807) is 17.5 Å². The zero-order chi connectivity index (χ0) is 26.6. The number of aromatic nitrogens is 3. The van der Waals surface area contributed by atoms with Gasteiger partial charge in [-0.3, -0.25) is 24.7 Å². The minimum Gasteiger partial charge on any atom is -0.481 e. The van der Waals surface area contributed by atoms with E-state index in [-0.39, 0.29) is 24.1 Å². The molecule has 2 aliphatic rings. The standard InChI is InChI=1S/C26H33N7O3S2/c1-17-5-3-8-32(17)16-21-24(20-6-4-12-37-20)29-26(38-21)30-25(36)19-13-28-22(14-27-19)33-11-10-31(18(2)15-33)9-7-23(34)35/h4,6,12-14,17-18H,3,5,7-11,15-16H2,1-2H3,(H,34,35)(H,29,30,36)/t17-,18+/m1/s1. The molecule has 0 spiro atoms. The molecule has 1 amide bonds. The summed E-state index contributed by atoms with van der Waals surface area (Å²) in [6.07, 6.45) is 5.71. The number of carboxylic acid groups (broad SMARTS) is 1. The van der Waals surface area contributed by atoms with Crippen molar-refractivity contribution in [2.24, 2.45) is 0 Å². The Morgan fingerprint density at radius 1 is 1.13 bits per heavy atom. The second kappa shape index (κ2) is 11.9. The summed E-state index contributed by atoms with van der Waals surface area (Å²) in [4.78, 5) is 46.6. The first-order valence-corrected chi connectivity index (χ1v) is 14.7. The smallest absolute Gasteiger partial charge is 0.304 e. The topological polar surface area (TPSA) is 115 Å². The number of hydrogen-bond acceptors (Lipinski definition) is 10. The van der Waals surface area contributed by atoms with E-state index < -0.39 is 5.97 Å². The largest absolute Gasteiger partial charge is 0.481 e. The Morgan fingerprint density at radius 2 is 2.00 bits per heavy atom. The summed E-state index contributed by atoms with van der Waals surface area (Å²) in [6.45, 7) is 9.02. The van der Waals surface area contributed by atoms with Gasteiger partial charge < -0.3 is 10.0 Å². The number of anilines is 2. The third-order valence-corrected chi connectivity index (χ3v) is 9.11. The molecule has 5 rings (SSSR count). The van der Waals surface area contributed by atoms with Crippen molar-refractivity contribution in [2.45, 2.75) is 51.7 Å². The third-order valence-electron chi connectivity index (χ3n) is 7.28. The quantitative estimate of drug-likeness (QED) is 0.406. The van der Waals surface area contributed by atoms with Gasteiger partial charge in [-0.25, -0.2) is 15.0 Å². The fraction of sp³-hybridized carbons (Fsp3) is 0.500. The molecule has 2 fully saturated rings. The molecule has 3 aromatic heterocycles. The number of hydrogen-bond donors (Lipinski definition) is 2. The number of thiophene rings is 1. The SMILES string of the molecule is C[C@@H]1CCCN1Cc1sc(NC(=O)c2cnc(N3CCN(CCC(=O)O)[C@@H](C)C3)cn2)nc1-c1cccs1. The monoisotopic (exact) mass is 555 g/mol. The van der Waals surface area contributed by atoms with E-state index in [9.17, 15) is 9.59 Å². The van der Waals surface area contributed by atoms with Crippen molar-refractivity contribution < 1.29 is 14.7 Å². The van der Waals surface area contributed by atoms with Crippen LogP contribution in [0.1, 0.15) is 48.5 Å². The maximum atomic E-state index is 13.0. The first-order valence-electron chi connectivity index (χ1n) is 13.0. The summed E-state index contributed by atoms with van der Waals surface area (Å²) >= 11 is 3.18. The van der Waals surface area contributed by atoms with Crippen LogP contribution in [0.5, 0.6) is 0 Å². The van der Waals surface area contributed by atoms with Crippen molar-refractivity contribution in [1.82, 2.24) is 24.8 Å². The van der Waals surface area contributed by atoms with Crippen LogP contribution in [0.2, 0.25) is 0 Å². The summed E-state index contributed by atoms with van der Waals surface area (Å²) in [5.41, 5.74) is 1.18. The van der Waals surface area contributed by atoms with Crippen molar-refractivity contribution >= 4 is 45.5 Å². The van der Waals surface area contributed by atoms with Crippen LogP contribution >= 0.6 is 22.7 Å². The van der Waals surface area contributed by atoms with Gasteiger partial charge in [-0.2, -0.15) is 0 Å². The van der Waals surface area contributed by atoms with Crippen LogP contribution in [0.25, 0.3) is 10.6 Å². The first-order chi connectivity index (χ1) is 18.4. The summed E-state index contributed by atoms with van der Waals surface area (Å²) in [6, 6.07) is 4.84. The summed E-state index contributed by atoms with van der Waals surface area (Å²) < 4.78 is 0. The lowest BCUT2D eigenvalue weighted by atomic mass is 10.2. The van der Waals surface area contributed by atoms with Crippen LogP contribution in [0.15, 0.2) is 29.9 Å². The molecule has 0 saturated carbocycles. The molecule has 10 nitrogen and oxygen atoms in total. The molecular formula is C26H33N7O3S2. The van der Waals surface area contributed by atoms with Crippen LogP contribution in [0.4, 0.5) is 10.9 Å². The zero-order valence-corrected chi connectivity index (χ0v) is 23.3. The number of nitrogens with one attached hydrogen (secondary N) is 1. The molecule has 12 heteroatoms. The Hall–Kier alpha value is -2.93. The average molecular weight is 556 g/mol. The molecule has 0 aromatic carbocycles. The fourth-order valence-electron chi connectivity index (χ4n) is 5.07. The van der Waals surface area contributed by atoms with Crippen molar-refractivity contribution in [2.75, 3.05) is 42.9 Å². The molecule has 3 aromatic rings. The molecule has 2 N–H and O–H groups in total. The summed E-state index contributed by atoms with van der Waals surface area (Å²) in [7, 11) is 0. The van der Waals surface area contributed by atoms with E-state index in [1.807, 2.05) is 11.4 Å². The second-order valence-electron chi connectivity index (χ2n) is 9.92. The Morgan fingerprint density at radius 3 is 2.66 bits per heavy atom. The van der Waals surface area contributed by atoms with Crippen LogP contribution in [-0.4, -0.2) is 86.5 Å². The molecule has 0 unspecified atom stereocenters. The maximum absolute atomic E-state index is 13.0. The van der Waals surface area contributed by atoms with Crippen LogP contribution in [0, 0.1) is 0 Å². The summed E-state index contributed by atoms with van der Waals surface area (Å²) in [5.74, 6) is -0.400. The average Bonchev–Trinajstić information content (AvgIpc) is 3.66. The molecule has 38 heavy (non-hydrogen) atoms. The number of amides is 1. The Bertz CT molecular complexity index is 1250. The molecule has 5 heterocycles. The van der Waals surface area contributed by atoms with E-state index in [4.69, 9.17) is 10.1 Å². The number of likely N-dealkylation sites (tertiary alicyclic amines) is 1. The van der Waals surface area contributed by atoms with Gasteiger partial charge in [0.15, 0.2) is 5.13 Å². The summed E-state index contributed by atoms with van der Waals surface area (Å²) in [5, 5.41) is 14.5. The number of thiazole rings is 1. The van der Waals surface area contributed by atoms with Gasteiger partial charge in [-0.15, -0.1) is 11.3 Å². The van der Waals surface area contributed by atoms with Crippen LogP contribution in [-0.2, 0) is 11.3 Å². The zero-order valence-electron chi connectivity index (χ0n) is 21.7. The number of carboxylic acids is 1. The number of carbonyl (C=O) groups excluding carboxylic acids is 1. The van der Waals surface area contributed by atoms with E-state index in [0.717, 1.165) is 48.2 Å². The van der Waals surface area contributed by atoms with Gasteiger partial charge in [0.25, 0.3) is 5.91 Å². The maximum Gasteiger partial charge on any atom is 0.304 e. The van der Waals surface area contributed by atoms with E-state index in [1.165, 1.54) is 30.4 Å². The second-order valence-corrected chi connectivity index (χ2v) is 11.9. The highest BCUT2D eigenvalue weighted by Crippen LogP contribution is 2.36. The molecule has 0 bridgehead atoms. The van der Waals surface area contributed by atoms with E-state index in [0.29, 0.717) is 23.5 Å². The molecule has 2 aliphatic heterocycles. The van der Waals surface area contributed by atoms with Gasteiger partial charge in [0.05, 0.1) is 29.4 Å². The predicted molar refractivity (Wildman–Crippen MR) is 150 cm³/mol. The normalized spacial score (nSPS) is 20.6. The van der Waals surface area contributed by atoms with Gasteiger partial charge in [-0.1, -0.05) is 17.4 Å². The highest BCUT2D eigenvalue weighted by atomic mass is 32.1. The van der Waals surface area contributed by atoms with Crippen molar-refractivity contribution in [3.8, 4) is 10.6 Å². The Labute approximate surface area is 230 Å². The lowest BCUT2D eigenvalue weighted by Crippen LogP contribution is -2.52. The van der Waals surface area contributed by atoms with Crippen molar-refractivity contribution in [1.29, 1.82) is 0 Å². The predicted octanol–water partition coefficient (Wildman–Crippen LogP) is 3.88. The number of piperazine rings is 1. The van der Waals surface area contributed by atoms with Gasteiger partial charge in [0, 0.05) is 49.7 Å². The molecule has 0 radical (unpaired) electrons. The Kier molecular flexibility index (Phi) is 8.32. The lowest BCUT2D eigenvalue weighted by molar-refractivity contribution is -0.137. The van der Waals surface area contributed by atoms with Gasteiger partial charge in [-0.05, 0) is 44.7 Å². The lowest BCUT2D eigenvalue weighted by Gasteiger charge is -2.40. The molecule has 202 valence electrons. The number of carbonyl (C=O) groups is 2. The number of nitrogens with zero attached hydrogens (tertiary/aromatic N) is 6. The molecule has 2 atom stereocenters. The molecule has 0 aliphatic carbocycles. The number of rotatable bonds is 9. The van der Waals surface area contributed by atoms with E-state index in [2.05, 4.69) is 49.9 Å². The third kappa shape index (κ3) is 6.20. The van der Waals surface area contributed by atoms with Crippen molar-refractivity contribution in [3.05, 3.63) is 40.5 Å². The Balaban J connectivity index is 1.23. The molecular weight excluding hydrogens is 522 g/mol. The fourth-order valence-corrected chi connectivity index (χ4v) is 6.87. The molecule has 2 saturated heterocycles. The minimum atomic E-state index is -0.780.